The maximum absolute atomic E-state index is 11.0. The number of rotatable bonds is 3. The third kappa shape index (κ3) is 3.81. The van der Waals surface area contributed by atoms with Gasteiger partial charge in [0.05, 0.1) is 0 Å². The second-order valence-electron chi connectivity index (χ2n) is 3.41. The van der Waals surface area contributed by atoms with Gasteiger partial charge in [0.25, 0.3) is 0 Å². The lowest BCUT2D eigenvalue weighted by Gasteiger charge is -1.98. The van der Waals surface area contributed by atoms with Crippen molar-refractivity contribution in [3.8, 4) is 0 Å². The van der Waals surface area contributed by atoms with Gasteiger partial charge in [-0.2, -0.15) is 0 Å². The first-order valence-corrected chi connectivity index (χ1v) is 4.11. The second kappa shape index (κ2) is 3.56. The zero-order valence-electron chi connectivity index (χ0n) is 7.18. The van der Waals surface area contributed by atoms with E-state index in [2.05, 4.69) is 5.32 Å². The topological polar surface area (TPSA) is 29.1 Å². The Balaban J connectivity index is 2.14. The number of amides is 1. The molecule has 11 heavy (non-hydrogen) atoms. The van der Waals surface area contributed by atoms with Gasteiger partial charge in [-0.15, -0.1) is 0 Å². The first-order chi connectivity index (χ1) is 5.18. The van der Waals surface area contributed by atoms with E-state index in [0.29, 0.717) is 0 Å². The summed E-state index contributed by atoms with van der Waals surface area (Å²) in [4.78, 5) is 11.0. The molecule has 0 aliphatic heterocycles. The molecule has 1 rings (SSSR count). The molecule has 0 aromatic rings. The molecule has 0 aromatic carbocycles. The van der Waals surface area contributed by atoms with Crippen molar-refractivity contribution in [3.63, 3.8) is 0 Å². The predicted octanol–water partition coefficient (Wildman–Crippen LogP) is 1.48. The first-order valence-electron chi connectivity index (χ1n) is 4.11. The van der Waals surface area contributed by atoms with Crippen molar-refractivity contribution in [3.05, 3.63) is 11.6 Å². The van der Waals surface area contributed by atoms with Gasteiger partial charge < -0.3 is 5.32 Å². The van der Waals surface area contributed by atoms with Crippen LogP contribution in [0, 0.1) is 5.92 Å². The number of hydrogen-bond acceptors (Lipinski definition) is 1. The maximum Gasteiger partial charge on any atom is 0.243 e. The summed E-state index contributed by atoms with van der Waals surface area (Å²) in [6, 6.07) is 0. The van der Waals surface area contributed by atoms with Crippen LogP contribution in [0.5, 0.6) is 0 Å². The fraction of sp³-hybridized carbons (Fsp3) is 0.667. The lowest BCUT2D eigenvalue weighted by molar-refractivity contribution is -0.116. The van der Waals surface area contributed by atoms with Gasteiger partial charge in [-0.1, -0.05) is 5.57 Å². The molecule has 0 aromatic heterocycles. The molecule has 0 atom stereocenters. The number of carbonyl (C=O) groups is 1. The van der Waals surface area contributed by atoms with Crippen LogP contribution in [0.15, 0.2) is 11.6 Å². The first kappa shape index (κ1) is 8.31. The van der Waals surface area contributed by atoms with Crippen LogP contribution in [0.3, 0.4) is 0 Å². The minimum Gasteiger partial charge on any atom is -0.352 e. The van der Waals surface area contributed by atoms with Crippen molar-refractivity contribution in [2.75, 3.05) is 6.54 Å². The molecule has 1 N–H and O–H groups in total. The van der Waals surface area contributed by atoms with Gasteiger partial charge >= 0.3 is 0 Å². The summed E-state index contributed by atoms with van der Waals surface area (Å²) in [5, 5.41) is 2.86. The van der Waals surface area contributed by atoms with Gasteiger partial charge in [-0.3, -0.25) is 4.79 Å². The third-order valence-electron chi connectivity index (χ3n) is 1.68. The normalized spacial score (nSPS) is 15.8. The van der Waals surface area contributed by atoms with Crippen LogP contribution in [-0.2, 0) is 4.79 Å². The second-order valence-corrected chi connectivity index (χ2v) is 3.41. The molecule has 62 valence electrons. The van der Waals surface area contributed by atoms with E-state index in [1.54, 1.807) is 6.08 Å². The number of hydrogen-bond donors (Lipinski definition) is 1. The molecule has 0 radical (unpaired) electrons. The summed E-state index contributed by atoms with van der Waals surface area (Å²) in [6.07, 6.45) is 4.21. The Morgan fingerprint density at radius 2 is 2.18 bits per heavy atom. The summed E-state index contributed by atoms with van der Waals surface area (Å²) in [7, 11) is 0. The SMILES string of the molecule is CC(C)=CC(=O)NCC1CC1. The molecular formula is C9H15NO. The summed E-state index contributed by atoms with van der Waals surface area (Å²) in [5.41, 5.74) is 1.05. The van der Waals surface area contributed by atoms with Crippen LogP contribution in [0.4, 0.5) is 0 Å². The van der Waals surface area contributed by atoms with Crippen LogP contribution in [0.25, 0.3) is 0 Å². The molecular weight excluding hydrogens is 138 g/mol. The average molecular weight is 153 g/mol. The smallest absolute Gasteiger partial charge is 0.243 e. The van der Waals surface area contributed by atoms with E-state index in [-0.39, 0.29) is 5.91 Å². The molecule has 1 saturated carbocycles. The van der Waals surface area contributed by atoms with Crippen molar-refractivity contribution in [1.29, 1.82) is 0 Å². The van der Waals surface area contributed by atoms with Gasteiger partial charge in [-0.05, 0) is 32.6 Å². The Morgan fingerprint density at radius 3 is 2.64 bits per heavy atom. The van der Waals surface area contributed by atoms with Crippen LogP contribution >= 0.6 is 0 Å². The lowest BCUT2D eigenvalue weighted by atomic mass is 10.3. The van der Waals surface area contributed by atoms with Crippen molar-refractivity contribution in [2.24, 2.45) is 5.92 Å². The molecule has 1 aliphatic carbocycles. The minimum absolute atomic E-state index is 0.0527. The highest BCUT2D eigenvalue weighted by molar-refractivity contribution is 5.87. The van der Waals surface area contributed by atoms with Gasteiger partial charge in [0, 0.05) is 12.6 Å². The van der Waals surface area contributed by atoms with Crippen LogP contribution < -0.4 is 5.32 Å². The fourth-order valence-corrected chi connectivity index (χ4v) is 0.880. The minimum atomic E-state index is 0.0527. The van der Waals surface area contributed by atoms with Crippen molar-refractivity contribution in [1.82, 2.24) is 5.32 Å². The van der Waals surface area contributed by atoms with Gasteiger partial charge in [0.1, 0.15) is 0 Å². The number of nitrogens with one attached hydrogen (secondary N) is 1. The molecule has 1 amide bonds. The third-order valence-corrected chi connectivity index (χ3v) is 1.68. The van der Waals surface area contributed by atoms with E-state index in [9.17, 15) is 4.79 Å². The molecule has 0 unspecified atom stereocenters. The molecule has 0 heterocycles. The molecule has 0 saturated heterocycles. The predicted molar refractivity (Wildman–Crippen MR) is 45.2 cm³/mol. The van der Waals surface area contributed by atoms with E-state index in [0.717, 1.165) is 18.0 Å². The maximum atomic E-state index is 11.0. The van der Waals surface area contributed by atoms with Crippen molar-refractivity contribution >= 4 is 5.91 Å². The fourth-order valence-electron chi connectivity index (χ4n) is 0.880. The molecule has 1 aliphatic rings. The Hall–Kier alpha value is -0.790. The van der Waals surface area contributed by atoms with E-state index >= 15 is 0 Å². The van der Waals surface area contributed by atoms with Gasteiger partial charge in [-0.25, -0.2) is 0 Å². The van der Waals surface area contributed by atoms with E-state index in [4.69, 9.17) is 0 Å². The Kier molecular flexibility index (Phi) is 2.69. The van der Waals surface area contributed by atoms with Gasteiger partial charge in [0.2, 0.25) is 5.91 Å². The van der Waals surface area contributed by atoms with E-state index in [1.165, 1.54) is 12.8 Å². The largest absolute Gasteiger partial charge is 0.352 e. The highest BCUT2D eigenvalue weighted by atomic mass is 16.1. The summed E-state index contributed by atoms with van der Waals surface area (Å²) < 4.78 is 0. The van der Waals surface area contributed by atoms with Crippen molar-refractivity contribution in [2.45, 2.75) is 26.7 Å². The quantitative estimate of drug-likeness (QED) is 0.611. The average Bonchev–Trinajstić information content (AvgIpc) is 2.63. The van der Waals surface area contributed by atoms with Crippen molar-refractivity contribution < 1.29 is 4.79 Å². The highest BCUT2D eigenvalue weighted by Crippen LogP contribution is 2.27. The lowest BCUT2D eigenvalue weighted by Crippen LogP contribution is -2.23. The summed E-state index contributed by atoms with van der Waals surface area (Å²) in [5.74, 6) is 0.821. The molecule has 1 fully saturated rings. The monoisotopic (exact) mass is 153 g/mol. The van der Waals surface area contributed by atoms with Crippen LogP contribution in [0.1, 0.15) is 26.7 Å². The Morgan fingerprint density at radius 1 is 1.55 bits per heavy atom. The zero-order chi connectivity index (χ0) is 8.27. The molecule has 2 heteroatoms. The molecule has 2 nitrogen and oxygen atoms in total. The standard InChI is InChI=1S/C9H15NO/c1-7(2)5-9(11)10-6-8-3-4-8/h5,8H,3-4,6H2,1-2H3,(H,10,11). The highest BCUT2D eigenvalue weighted by Gasteiger charge is 2.20. The summed E-state index contributed by atoms with van der Waals surface area (Å²) in [6.45, 7) is 4.72. The number of allylic oxidation sites excluding steroid dienone is 1. The van der Waals surface area contributed by atoms with Crippen LogP contribution in [0.2, 0.25) is 0 Å². The van der Waals surface area contributed by atoms with E-state index < -0.39 is 0 Å². The summed E-state index contributed by atoms with van der Waals surface area (Å²) >= 11 is 0. The van der Waals surface area contributed by atoms with Crippen LogP contribution in [-0.4, -0.2) is 12.5 Å². The molecule has 0 spiro atoms. The van der Waals surface area contributed by atoms with Gasteiger partial charge in [0.15, 0.2) is 0 Å². The number of carbonyl (C=O) groups excluding carboxylic acids is 1. The zero-order valence-corrected chi connectivity index (χ0v) is 7.18. The van der Waals surface area contributed by atoms with E-state index in [1.807, 2.05) is 13.8 Å². The molecule has 0 bridgehead atoms. The Labute approximate surface area is 67.7 Å². The Bertz CT molecular complexity index is 176.